The molecule has 2 aromatic rings. The van der Waals surface area contributed by atoms with E-state index in [4.69, 9.17) is 21.1 Å². The van der Waals surface area contributed by atoms with Crippen molar-refractivity contribution < 1.29 is 27.8 Å². The number of aliphatic hydroxyl groups is 1. The van der Waals surface area contributed by atoms with E-state index in [1.165, 1.54) is 14.2 Å². The fourth-order valence-electron chi connectivity index (χ4n) is 3.03. The molecule has 26 heavy (non-hydrogen) atoms. The first-order chi connectivity index (χ1) is 12.3. The summed E-state index contributed by atoms with van der Waals surface area (Å²) in [6.45, 7) is -0.549. The van der Waals surface area contributed by atoms with E-state index in [1.54, 1.807) is 18.2 Å². The summed E-state index contributed by atoms with van der Waals surface area (Å²) in [5.74, 6) is 0.922. The summed E-state index contributed by atoms with van der Waals surface area (Å²) in [5.41, 5.74) is 0.586. The Bertz CT molecular complexity index is 810. The highest BCUT2D eigenvalue weighted by molar-refractivity contribution is 6.33. The van der Waals surface area contributed by atoms with Crippen molar-refractivity contribution in [3.8, 4) is 11.5 Å². The van der Waals surface area contributed by atoms with Gasteiger partial charge in [0.1, 0.15) is 16.5 Å². The van der Waals surface area contributed by atoms with E-state index >= 15 is 0 Å². The van der Waals surface area contributed by atoms with Gasteiger partial charge in [-0.25, -0.2) is 4.68 Å². The molecule has 2 heterocycles. The molecule has 2 N–H and O–H groups in total. The molecule has 3 rings (SSSR count). The SMILES string of the molecule is COc1ccc([C@@H]2C[C@H](C(F)(F)F)n3nc(CO)c(Cl)c3N2)cc1OC. The maximum absolute atomic E-state index is 13.6. The molecular formula is C16H17ClF3N3O3. The summed E-state index contributed by atoms with van der Waals surface area (Å²) in [7, 11) is 2.93. The van der Waals surface area contributed by atoms with Crippen molar-refractivity contribution >= 4 is 17.4 Å². The van der Waals surface area contributed by atoms with E-state index in [9.17, 15) is 18.3 Å². The molecule has 1 aliphatic rings. The molecule has 1 aromatic heterocycles. The van der Waals surface area contributed by atoms with Crippen LogP contribution in [-0.4, -0.2) is 35.3 Å². The number of alkyl halides is 3. The Morgan fingerprint density at radius 1 is 1.31 bits per heavy atom. The van der Waals surface area contributed by atoms with Crippen LogP contribution in [0.2, 0.25) is 5.02 Å². The number of aromatic nitrogens is 2. The van der Waals surface area contributed by atoms with E-state index in [0.29, 0.717) is 17.1 Å². The molecule has 6 nitrogen and oxygen atoms in total. The molecular weight excluding hydrogens is 375 g/mol. The minimum absolute atomic E-state index is 0.00335. The van der Waals surface area contributed by atoms with Gasteiger partial charge in [-0.15, -0.1) is 0 Å². The number of rotatable bonds is 4. The van der Waals surface area contributed by atoms with Crippen molar-refractivity contribution in [3.63, 3.8) is 0 Å². The van der Waals surface area contributed by atoms with E-state index in [-0.39, 0.29) is 23.0 Å². The summed E-state index contributed by atoms with van der Waals surface area (Å²) in [4.78, 5) is 0. The van der Waals surface area contributed by atoms with Gasteiger partial charge in [-0.3, -0.25) is 0 Å². The summed E-state index contributed by atoms with van der Waals surface area (Å²) in [6.07, 6.45) is -4.80. The van der Waals surface area contributed by atoms with Gasteiger partial charge in [0.25, 0.3) is 0 Å². The van der Waals surface area contributed by atoms with Crippen LogP contribution >= 0.6 is 11.6 Å². The monoisotopic (exact) mass is 391 g/mol. The van der Waals surface area contributed by atoms with Gasteiger partial charge in [-0.05, 0) is 17.7 Å². The van der Waals surface area contributed by atoms with Crippen molar-refractivity contribution in [1.29, 1.82) is 0 Å². The lowest BCUT2D eigenvalue weighted by molar-refractivity contribution is -0.173. The lowest BCUT2D eigenvalue weighted by atomic mass is 9.96. The van der Waals surface area contributed by atoms with Gasteiger partial charge in [0, 0.05) is 6.42 Å². The second-order valence-corrected chi connectivity index (χ2v) is 6.19. The van der Waals surface area contributed by atoms with Crippen LogP contribution in [0.3, 0.4) is 0 Å². The fourth-order valence-corrected chi connectivity index (χ4v) is 3.26. The molecule has 1 aromatic carbocycles. The second kappa shape index (κ2) is 6.88. The number of methoxy groups -OCH3 is 2. The molecule has 0 fully saturated rings. The third-order valence-electron chi connectivity index (χ3n) is 4.32. The Morgan fingerprint density at radius 2 is 2.00 bits per heavy atom. The van der Waals surface area contributed by atoms with Gasteiger partial charge >= 0.3 is 6.18 Å². The summed E-state index contributed by atoms with van der Waals surface area (Å²) < 4.78 is 51.9. The van der Waals surface area contributed by atoms with Crippen LogP contribution in [0.25, 0.3) is 0 Å². The molecule has 0 unspecified atom stereocenters. The molecule has 0 radical (unpaired) electrons. The van der Waals surface area contributed by atoms with Crippen LogP contribution < -0.4 is 14.8 Å². The minimum atomic E-state index is -4.52. The third kappa shape index (κ3) is 3.16. The summed E-state index contributed by atoms with van der Waals surface area (Å²) in [6, 6.07) is 2.38. The highest BCUT2D eigenvalue weighted by atomic mass is 35.5. The number of nitrogens with zero attached hydrogens (tertiary/aromatic N) is 2. The van der Waals surface area contributed by atoms with Gasteiger partial charge < -0.3 is 19.9 Å². The topological polar surface area (TPSA) is 68.5 Å². The zero-order valence-electron chi connectivity index (χ0n) is 14.0. The Labute approximate surface area is 152 Å². The van der Waals surface area contributed by atoms with Crippen LogP contribution in [-0.2, 0) is 6.61 Å². The second-order valence-electron chi connectivity index (χ2n) is 5.82. The average Bonchev–Trinajstić information content (AvgIpc) is 2.95. The number of nitrogens with one attached hydrogen (secondary N) is 1. The highest BCUT2D eigenvalue weighted by Crippen LogP contribution is 2.46. The Hall–Kier alpha value is -2.13. The number of fused-ring (bicyclic) bond motifs is 1. The van der Waals surface area contributed by atoms with Crippen LogP contribution in [0, 0.1) is 0 Å². The first-order valence-corrected chi connectivity index (χ1v) is 8.10. The fraction of sp³-hybridized carbons (Fsp3) is 0.438. The molecule has 0 aliphatic carbocycles. The van der Waals surface area contributed by atoms with Gasteiger partial charge in [-0.1, -0.05) is 17.7 Å². The minimum Gasteiger partial charge on any atom is -0.493 e. The maximum Gasteiger partial charge on any atom is 0.410 e. The van der Waals surface area contributed by atoms with E-state index in [0.717, 1.165) is 4.68 Å². The maximum atomic E-state index is 13.6. The van der Waals surface area contributed by atoms with Crippen LogP contribution in [0.15, 0.2) is 18.2 Å². The van der Waals surface area contributed by atoms with Crippen molar-refractivity contribution in [3.05, 3.63) is 34.5 Å². The van der Waals surface area contributed by atoms with Crippen LogP contribution in [0.1, 0.15) is 29.8 Å². The zero-order chi connectivity index (χ0) is 19.1. The number of halogens is 4. The van der Waals surface area contributed by atoms with Crippen molar-refractivity contribution in [1.82, 2.24) is 9.78 Å². The molecule has 142 valence electrons. The summed E-state index contributed by atoms with van der Waals surface area (Å²) >= 11 is 6.10. The number of ether oxygens (including phenoxy) is 2. The smallest absolute Gasteiger partial charge is 0.410 e. The van der Waals surface area contributed by atoms with Gasteiger partial charge in [0.15, 0.2) is 17.5 Å². The standard InChI is InChI=1S/C16H17ClF3N3O3/c1-25-11-4-3-8(5-12(11)26-2)9-6-13(16(18,19)20)23-15(21-9)14(17)10(7-24)22-23/h3-5,9,13,21,24H,6-7H2,1-2H3/t9-,13+/m0/s1. The third-order valence-corrected chi connectivity index (χ3v) is 4.72. The summed E-state index contributed by atoms with van der Waals surface area (Å²) in [5, 5.41) is 16.0. The Balaban J connectivity index is 2.04. The van der Waals surface area contributed by atoms with E-state index in [2.05, 4.69) is 10.4 Å². The predicted octanol–water partition coefficient (Wildman–Crippen LogP) is 3.71. The average molecular weight is 392 g/mol. The zero-order valence-corrected chi connectivity index (χ0v) is 14.7. The number of hydrogen-bond acceptors (Lipinski definition) is 5. The number of aliphatic hydroxyl groups excluding tert-OH is 1. The Morgan fingerprint density at radius 3 is 2.58 bits per heavy atom. The largest absolute Gasteiger partial charge is 0.493 e. The number of anilines is 1. The molecule has 0 saturated carbocycles. The van der Waals surface area contributed by atoms with Crippen LogP contribution in [0.5, 0.6) is 11.5 Å². The number of hydrogen-bond donors (Lipinski definition) is 2. The van der Waals surface area contributed by atoms with E-state index in [1.807, 2.05) is 0 Å². The molecule has 0 saturated heterocycles. The van der Waals surface area contributed by atoms with Crippen molar-refractivity contribution in [2.24, 2.45) is 0 Å². The molecule has 0 amide bonds. The molecule has 0 bridgehead atoms. The molecule has 10 heteroatoms. The first kappa shape index (κ1) is 18.7. The number of benzene rings is 1. The lowest BCUT2D eigenvalue weighted by Gasteiger charge is -2.33. The van der Waals surface area contributed by atoms with E-state index < -0.39 is 24.9 Å². The van der Waals surface area contributed by atoms with Gasteiger partial charge in [0.2, 0.25) is 0 Å². The van der Waals surface area contributed by atoms with Crippen molar-refractivity contribution in [2.45, 2.75) is 31.3 Å². The molecule has 0 spiro atoms. The normalized spacial score (nSPS) is 19.7. The van der Waals surface area contributed by atoms with Crippen LogP contribution in [0.4, 0.5) is 19.0 Å². The first-order valence-electron chi connectivity index (χ1n) is 7.73. The predicted molar refractivity (Wildman–Crippen MR) is 88.8 cm³/mol. The molecule has 2 atom stereocenters. The highest BCUT2D eigenvalue weighted by Gasteiger charge is 2.47. The molecule has 1 aliphatic heterocycles. The lowest BCUT2D eigenvalue weighted by Crippen LogP contribution is -2.35. The van der Waals surface area contributed by atoms with Gasteiger partial charge in [-0.2, -0.15) is 18.3 Å². The van der Waals surface area contributed by atoms with Crippen molar-refractivity contribution in [2.75, 3.05) is 19.5 Å². The quantitative estimate of drug-likeness (QED) is 0.831. The Kier molecular flexibility index (Phi) is 4.94. The van der Waals surface area contributed by atoms with Gasteiger partial charge in [0.05, 0.1) is 26.9 Å².